The zero-order valence-corrected chi connectivity index (χ0v) is 16.5. The number of carboxylic acids is 1. The summed E-state index contributed by atoms with van der Waals surface area (Å²) in [6.45, 7) is 1.41. The lowest BCUT2D eigenvalue weighted by atomic mass is 9.98. The number of aliphatic carboxylic acids is 1. The SMILES string of the molecule is CC(CC(=O)NC[C@H](O)C(=O)O)NC(=O)OCC1c2ccccc2-c2ccccc21. The molecule has 0 heterocycles. The monoisotopic (exact) mass is 412 g/mol. The second kappa shape index (κ2) is 9.41. The van der Waals surface area contributed by atoms with Gasteiger partial charge in [0, 0.05) is 18.4 Å². The van der Waals surface area contributed by atoms with E-state index in [0.29, 0.717) is 0 Å². The summed E-state index contributed by atoms with van der Waals surface area (Å²) in [5, 5.41) is 22.7. The van der Waals surface area contributed by atoms with E-state index in [-0.39, 0.29) is 18.9 Å². The van der Waals surface area contributed by atoms with E-state index < -0.39 is 36.7 Å². The number of alkyl carbamates (subject to hydrolysis) is 1. The van der Waals surface area contributed by atoms with Gasteiger partial charge in [-0.2, -0.15) is 0 Å². The van der Waals surface area contributed by atoms with Crippen molar-refractivity contribution in [1.82, 2.24) is 10.6 Å². The number of nitrogens with one attached hydrogen (secondary N) is 2. The molecule has 2 amide bonds. The Morgan fingerprint density at radius 2 is 1.60 bits per heavy atom. The van der Waals surface area contributed by atoms with Crippen LogP contribution in [0.1, 0.15) is 30.4 Å². The van der Waals surface area contributed by atoms with Gasteiger partial charge in [0.15, 0.2) is 6.10 Å². The van der Waals surface area contributed by atoms with E-state index in [4.69, 9.17) is 14.9 Å². The molecule has 158 valence electrons. The first-order valence-corrected chi connectivity index (χ1v) is 9.66. The molecule has 30 heavy (non-hydrogen) atoms. The number of amides is 2. The van der Waals surface area contributed by atoms with Crippen molar-refractivity contribution in [2.24, 2.45) is 0 Å². The Kier molecular flexibility index (Phi) is 6.68. The molecule has 1 aliphatic rings. The maximum atomic E-state index is 12.2. The summed E-state index contributed by atoms with van der Waals surface area (Å²) < 4.78 is 5.42. The molecule has 0 aliphatic heterocycles. The van der Waals surface area contributed by atoms with Crippen molar-refractivity contribution in [1.29, 1.82) is 0 Å². The van der Waals surface area contributed by atoms with Crippen LogP contribution in [0.25, 0.3) is 11.1 Å². The average Bonchev–Trinajstić information content (AvgIpc) is 3.04. The number of ether oxygens (including phenoxy) is 1. The van der Waals surface area contributed by atoms with Gasteiger partial charge in [-0.3, -0.25) is 4.79 Å². The van der Waals surface area contributed by atoms with E-state index in [2.05, 4.69) is 22.8 Å². The zero-order valence-electron chi connectivity index (χ0n) is 16.5. The lowest BCUT2D eigenvalue weighted by Gasteiger charge is -2.17. The molecular weight excluding hydrogens is 388 g/mol. The third-order valence-corrected chi connectivity index (χ3v) is 4.98. The highest BCUT2D eigenvalue weighted by molar-refractivity contribution is 5.80. The van der Waals surface area contributed by atoms with Crippen molar-refractivity contribution >= 4 is 18.0 Å². The van der Waals surface area contributed by atoms with Crippen molar-refractivity contribution in [3.63, 3.8) is 0 Å². The van der Waals surface area contributed by atoms with E-state index in [9.17, 15) is 14.4 Å². The summed E-state index contributed by atoms with van der Waals surface area (Å²) in [6.07, 6.45) is -2.38. The molecule has 0 radical (unpaired) electrons. The molecule has 0 bridgehead atoms. The van der Waals surface area contributed by atoms with Crippen molar-refractivity contribution in [2.75, 3.05) is 13.2 Å². The number of hydrogen-bond donors (Lipinski definition) is 4. The van der Waals surface area contributed by atoms with Crippen LogP contribution in [0, 0.1) is 0 Å². The van der Waals surface area contributed by atoms with E-state index in [1.54, 1.807) is 6.92 Å². The van der Waals surface area contributed by atoms with E-state index in [0.717, 1.165) is 22.3 Å². The van der Waals surface area contributed by atoms with Crippen LogP contribution in [0.15, 0.2) is 48.5 Å². The van der Waals surface area contributed by atoms with Gasteiger partial charge in [0.25, 0.3) is 0 Å². The molecule has 0 saturated carbocycles. The Morgan fingerprint density at radius 3 is 2.17 bits per heavy atom. The first kappa shape index (κ1) is 21.3. The number of aliphatic hydroxyl groups excluding tert-OH is 1. The van der Waals surface area contributed by atoms with Gasteiger partial charge in [0.2, 0.25) is 5.91 Å². The normalized spacial score (nSPS) is 14.2. The molecule has 1 aliphatic carbocycles. The highest BCUT2D eigenvalue weighted by atomic mass is 16.5. The van der Waals surface area contributed by atoms with Crippen LogP contribution in [0.4, 0.5) is 4.79 Å². The second-order valence-electron chi connectivity index (χ2n) is 7.23. The smallest absolute Gasteiger partial charge is 0.407 e. The summed E-state index contributed by atoms with van der Waals surface area (Å²) in [5.74, 6) is -1.96. The third kappa shape index (κ3) is 4.96. The Hall–Kier alpha value is -3.39. The molecule has 0 saturated heterocycles. The van der Waals surface area contributed by atoms with Crippen LogP contribution in [0.5, 0.6) is 0 Å². The minimum absolute atomic E-state index is 0.0562. The zero-order chi connectivity index (χ0) is 21.7. The first-order valence-electron chi connectivity index (χ1n) is 9.66. The van der Waals surface area contributed by atoms with Crippen LogP contribution < -0.4 is 10.6 Å². The van der Waals surface area contributed by atoms with Gasteiger partial charge in [-0.15, -0.1) is 0 Å². The lowest BCUT2D eigenvalue weighted by Crippen LogP contribution is -2.41. The predicted octanol–water partition coefficient (Wildman–Crippen LogP) is 1.87. The van der Waals surface area contributed by atoms with Gasteiger partial charge in [0.1, 0.15) is 6.61 Å². The van der Waals surface area contributed by atoms with Crippen molar-refractivity contribution in [3.8, 4) is 11.1 Å². The van der Waals surface area contributed by atoms with Gasteiger partial charge in [0.05, 0.1) is 6.54 Å². The fourth-order valence-corrected chi connectivity index (χ4v) is 3.54. The van der Waals surface area contributed by atoms with Gasteiger partial charge in [-0.1, -0.05) is 48.5 Å². The van der Waals surface area contributed by atoms with Crippen molar-refractivity contribution < 1.29 is 29.3 Å². The van der Waals surface area contributed by atoms with Crippen molar-refractivity contribution in [2.45, 2.75) is 31.4 Å². The molecule has 0 fully saturated rings. The highest BCUT2D eigenvalue weighted by Crippen LogP contribution is 2.44. The maximum Gasteiger partial charge on any atom is 0.407 e. The van der Waals surface area contributed by atoms with Crippen molar-refractivity contribution in [3.05, 3.63) is 59.7 Å². The number of rotatable bonds is 8. The molecule has 0 spiro atoms. The Bertz CT molecular complexity index is 899. The second-order valence-corrected chi connectivity index (χ2v) is 7.23. The molecule has 2 aromatic carbocycles. The maximum absolute atomic E-state index is 12.2. The highest BCUT2D eigenvalue weighted by Gasteiger charge is 2.29. The molecule has 8 nitrogen and oxygen atoms in total. The van der Waals surface area contributed by atoms with Crippen LogP contribution in [-0.2, 0) is 14.3 Å². The summed E-state index contributed by atoms with van der Waals surface area (Å²) in [5.41, 5.74) is 4.48. The Balaban J connectivity index is 1.50. The van der Waals surface area contributed by atoms with Crippen LogP contribution in [0.3, 0.4) is 0 Å². The molecule has 3 rings (SSSR count). The standard InChI is InChI=1S/C22H24N2O6/c1-13(10-20(26)23-11-19(25)21(27)28)24-22(29)30-12-18-16-8-4-2-6-14(16)15-7-3-5-9-17(15)18/h2-9,13,18-19,25H,10-12H2,1H3,(H,23,26)(H,24,29)(H,27,28)/t13?,19-/m0/s1. The van der Waals surface area contributed by atoms with Gasteiger partial charge < -0.3 is 25.6 Å². The minimum atomic E-state index is -1.67. The molecule has 2 aromatic rings. The molecular formula is C22H24N2O6. The minimum Gasteiger partial charge on any atom is -0.479 e. The number of benzene rings is 2. The summed E-state index contributed by atoms with van der Waals surface area (Å²) in [6, 6.07) is 15.5. The molecule has 8 heteroatoms. The number of hydrogen-bond acceptors (Lipinski definition) is 5. The average molecular weight is 412 g/mol. The number of fused-ring (bicyclic) bond motifs is 3. The topological polar surface area (TPSA) is 125 Å². The van der Waals surface area contributed by atoms with Gasteiger partial charge in [-0.05, 0) is 29.2 Å². The largest absolute Gasteiger partial charge is 0.479 e. The molecule has 0 aromatic heterocycles. The fraction of sp³-hybridized carbons (Fsp3) is 0.318. The van der Waals surface area contributed by atoms with Gasteiger partial charge >= 0.3 is 12.1 Å². The van der Waals surface area contributed by atoms with Crippen LogP contribution in [-0.4, -0.2) is 53.5 Å². The van der Waals surface area contributed by atoms with E-state index in [1.807, 2.05) is 36.4 Å². The number of carboxylic acid groups (broad SMARTS) is 1. The quantitative estimate of drug-likeness (QED) is 0.525. The summed E-state index contributed by atoms with van der Waals surface area (Å²) in [4.78, 5) is 34.5. The fourth-order valence-electron chi connectivity index (χ4n) is 3.54. The Morgan fingerprint density at radius 1 is 1.03 bits per heavy atom. The van der Waals surface area contributed by atoms with Crippen LogP contribution in [0.2, 0.25) is 0 Å². The number of carbonyl (C=O) groups is 3. The van der Waals surface area contributed by atoms with Crippen LogP contribution >= 0.6 is 0 Å². The third-order valence-electron chi connectivity index (χ3n) is 4.98. The van der Waals surface area contributed by atoms with E-state index >= 15 is 0 Å². The van der Waals surface area contributed by atoms with Gasteiger partial charge in [-0.25, -0.2) is 9.59 Å². The molecule has 4 N–H and O–H groups in total. The summed E-state index contributed by atoms with van der Waals surface area (Å²) >= 11 is 0. The van der Waals surface area contributed by atoms with E-state index in [1.165, 1.54) is 0 Å². The molecule has 1 unspecified atom stereocenters. The lowest BCUT2D eigenvalue weighted by molar-refractivity contribution is -0.146. The first-order chi connectivity index (χ1) is 14.4. The molecule has 2 atom stereocenters. The predicted molar refractivity (Wildman–Crippen MR) is 109 cm³/mol. The summed E-state index contributed by atoms with van der Waals surface area (Å²) in [7, 11) is 0. The number of carbonyl (C=O) groups excluding carboxylic acids is 2. The Labute approximate surface area is 173 Å². The number of aliphatic hydroxyl groups is 1.